The Morgan fingerprint density at radius 1 is 1.33 bits per heavy atom. The third-order valence-electron chi connectivity index (χ3n) is 4.77. The topological polar surface area (TPSA) is 40.5 Å². The lowest BCUT2D eigenvalue weighted by Crippen LogP contribution is -2.38. The Labute approximate surface area is 110 Å². The summed E-state index contributed by atoms with van der Waals surface area (Å²) in [5.41, 5.74) is 3.56. The molecule has 98 valence electrons. The summed E-state index contributed by atoms with van der Waals surface area (Å²) < 4.78 is 0. The maximum atomic E-state index is 9.36. The molecule has 0 aliphatic heterocycles. The molecule has 1 aromatic rings. The molecule has 1 atom stereocenters. The molecule has 1 aromatic carbocycles. The third-order valence-corrected chi connectivity index (χ3v) is 4.77. The Kier molecular flexibility index (Phi) is 3.83. The molecular formula is C15H23BO2. The maximum Gasteiger partial charge on any atom is 0.488 e. The van der Waals surface area contributed by atoms with Gasteiger partial charge in [-0.05, 0) is 53.6 Å². The lowest BCUT2D eigenvalue weighted by molar-refractivity contribution is 0.253. The molecule has 2 nitrogen and oxygen atoms in total. The van der Waals surface area contributed by atoms with Gasteiger partial charge in [-0.1, -0.05) is 39.0 Å². The van der Waals surface area contributed by atoms with Gasteiger partial charge in [-0.3, -0.25) is 0 Å². The summed E-state index contributed by atoms with van der Waals surface area (Å²) in [5.74, 6) is 0.577. The van der Waals surface area contributed by atoms with Crippen LogP contribution in [-0.4, -0.2) is 17.2 Å². The molecule has 0 saturated heterocycles. The van der Waals surface area contributed by atoms with Crippen molar-refractivity contribution in [3.8, 4) is 0 Å². The van der Waals surface area contributed by atoms with Gasteiger partial charge in [-0.2, -0.15) is 0 Å². The number of benzene rings is 1. The SMILES string of the molecule is CCC1(C(C)C)CCCc2ccc(B(O)O)cc21. The summed E-state index contributed by atoms with van der Waals surface area (Å²) in [6.07, 6.45) is 4.67. The van der Waals surface area contributed by atoms with Crippen molar-refractivity contribution in [3.63, 3.8) is 0 Å². The van der Waals surface area contributed by atoms with Gasteiger partial charge in [0.1, 0.15) is 0 Å². The van der Waals surface area contributed by atoms with E-state index in [9.17, 15) is 10.0 Å². The normalized spacial score (nSPS) is 23.0. The molecule has 0 saturated carbocycles. The van der Waals surface area contributed by atoms with E-state index in [4.69, 9.17) is 0 Å². The standard InChI is InChI=1S/C15H23BO2/c1-4-15(11(2)3)9-5-6-12-7-8-13(16(17)18)10-14(12)15/h7-8,10-11,17-18H,4-6,9H2,1-3H3. The minimum atomic E-state index is -1.36. The second-order valence-corrected chi connectivity index (χ2v) is 5.81. The highest BCUT2D eigenvalue weighted by Gasteiger charge is 2.38. The predicted molar refractivity (Wildman–Crippen MR) is 76.0 cm³/mol. The largest absolute Gasteiger partial charge is 0.488 e. The van der Waals surface area contributed by atoms with Gasteiger partial charge in [0.05, 0.1) is 0 Å². The quantitative estimate of drug-likeness (QED) is 0.801. The van der Waals surface area contributed by atoms with E-state index in [-0.39, 0.29) is 5.41 Å². The summed E-state index contributed by atoms with van der Waals surface area (Å²) in [6.45, 7) is 6.80. The van der Waals surface area contributed by atoms with Crippen molar-refractivity contribution in [1.82, 2.24) is 0 Å². The van der Waals surface area contributed by atoms with Crippen molar-refractivity contribution in [2.45, 2.75) is 51.9 Å². The minimum absolute atomic E-state index is 0.207. The average molecular weight is 246 g/mol. The van der Waals surface area contributed by atoms with Gasteiger partial charge in [0.2, 0.25) is 0 Å². The smallest absolute Gasteiger partial charge is 0.423 e. The lowest BCUT2D eigenvalue weighted by atomic mass is 9.61. The zero-order valence-corrected chi connectivity index (χ0v) is 11.6. The van der Waals surface area contributed by atoms with Crippen LogP contribution in [0.4, 0.5) is 0 Å². The molecule has 0 fully saturated rings. The summed E-state index contributed by atoms with van der Waals surface area (Å²) in [7, 11) is -1.36. The zero-order valence-electron chi connectivity index (χ0n) is 11.6. The molecule has 2 rings (SSSR count). The van der Waals surface area contributed by atoms with Crippen molar-refractivity contribution in [3.05, 3.63) is 29.3 Å². The molecule has 0 radical (unpaired) electrons. The van der Waals surface area contributed by atoms with Crippen LogP contribution in [0, 0.1) is 5.92 Å². The molecule has 0 spiro atoms. The fraction of sp³-hybridized carbons (Fsp3) is 0.600. The van der Waals surface area contributed by atoms with Crippen LogP contribution in [0.3, 0.4) is 0 Å². The van der Waals surface area contributed by atoms with Gasteiger partial charge in [-0.25, -0.2) is 0 Å². The van der Waals surface area contributed by atoms with Crippen LogP contribution < -0.4 is 5.46 Å². The maximum absolute atomic E-state index is 9.36. The van der Waals surface area contributed by atoms with Crippen molar-refractivity contribution >= 4 is 12.6 Å². The Bertz CT molecular complexity index is 429. The van der Waals surface area contributed by atoms with E-state index in [0.717, 1.165) is 12.8 Å². The van der Waals surface area contributed by atoms with Crippen molar-refractivity contribution in [2.24, 2.45) is 5.92 Å². The molecule has 0 aromatic heterocycles. The first-order valence-corrected chi connectivity index (χ1v) is 7.00. The van der Waals surface area contributed by atoms with Gasteiger partial charge in [-0.15, -0.1) is 0 Å². The number of rotatable bonds is 3. The summed E-state index contributed by atoms with van der Waals surface area (Å²) in [5, 5.41) is 18.7. The van der Waals surface area contributed by atoms with Gasteiger partial charge in [0.25, 0.3) is 0 Å². The Morgan fingerprint density at radius 3 is 2.61 bits per heavy atom. The first-order valence-electron chi connectivity index (χ1n) is 7.00. The highest BCUT2D eigenvalue weighted by molar-refractivity contribution is 6.58. The van der Waals surface area contributed by atoms with Crippen LogP contribution in [0.25, 0.3) is 0 Å². The second kappa shape index (κ2) is 5.06. The predicted octanol–water partition coefficient (Wildman–Crippen LogP) is 2.01. The Hall–Kier alpha value is -0.795. The van der Waals surface area contributed by atoms with Crippen molar-refractivity contribution in [1.29, 1.82) is 0 Å². The number of hydrogen-bond donors (Lipinski definition) is 2. The van der Waals surface area contributed by atoms with Crippen LogP contribution in [-0.2, 0) is 11.8 Å². The molecule has 2 N–H and O–H groups in total. The summed E-state index contributed by atoms with van der Waals surface area (Å²) in [6, 6.07) is 5.94. The van der Waals surface area contributed by atoms with E-state index in [1.54, 1.807) is 0 Å². The molecule has 1 aliphatic rings. The molecule has 0 bridgehead atoms. The van der Waals surface area contributed by atoms with Crippen LogP contribution in [0.2, 0.25) is 0 Å². The van der Waals surface area contributed by atoms with E-state index in [2.05, 4.69) is 26.8 Å². The zero-order chi connectivity index (χ0) is 13.3. The lowest BCUT2D eigenvalue weighted by Gasteiger charge is -2.42. The number of aryl methyl sites for hydroxylation is 1. The second-order valence-electron chi connectivity index (χ2n) is 5.81. The number of fused-ring (bicyclic) bond motifs is 1. The van der Waals surface area contributed by atoms with Crippen LogP contribution in [0.1, 0.15) is 51.2 Å². The van der Waals surface area contributed by atoms with E-state index >= 15 is 0 Å². The van der Waals surface area contributed by atoms with Crippen molar-refractivity contribution in [2.75, 3.05) is 0 Å². The van der Waals surface area contributed by atoms with E-state index < -0.39 is 7.12 Å². The average Bonchev–Trinajstić information content (AvgIpc) is 2.36. The first kappa shape index (κ1) is 13.6. The van der Waals surface area contributed by atoms with Gasteiger partial charge < -0.3 is 10.0 Å². The first-order chi connectivity index (χ1) is 8.51. The third kappa shape index (κ3) is 2.10. The van der Waals surface area contributed by atoms with E-state index in [0.29, 0.717) is 11.4 Å². The summed E-state index contributed by atoms with van der Waals surface area (Å²) >= 11 is 0. The van der Waals surface area contributed by atoms with E-state index in [1.807, 2.05) is 12.1 Å². The van der Waals surface area contributed by atoms with Gasteiger partial charge >= 0.3 is 7.12 Å². The Balaban J connectivity index is 2.55. The van der Waals surface area contributed by atoms with Crippen LogP contribution in [0.15, 0.2) is 18.2 Å². The molecule has 1 aliphatic carbocycles. The van der Waals surface area contributed by atoms with Gasteiger partial charge in [0.15, 0.2) is 0 Å². The highest BCUT2D eigenvalue weighted by Crippen LogP contribution is 2.44. The molecule has 18 heavy (non-hydrogen) atoms. The monoisotopic (exact) mass is 246 g/mol. The molecule has 1 unspecified atom stereocenters. The molecule has 0 amide bonds. The van der Waals surface area contributed by atoms with Gasteiger partial charge in [0, 0.05) is 0 Å². The molecule has 0 heterocycles. The fourth-order valence-corrected chi connectivity index (χ4v) is 3.54. The fourth-order valence-electron chi connectivity index (χ4n) is 3.54. The number of hydrogen-bond acceptors (Lipinski definition) is 2. The van der Waals surface area contributed by atoms with Crippen LogP contribution in [0.5, 0.6) is 0 Å². The Morgan fingerprint density at radius 2 is 2.06 bits per heavy atom. The van der Waals surface area contributed by atoms with E-state index in [1.165, 1.54) is 24.0 Å². The minimum Gasteiger partial charge on any atom is -0.423 e. The van der Waals surface area contributed by atoms with Crippen molar-refractivity contribution < 1.29 is 10.0 Å². The summed E-state index contributed by atoms with van der Waals surface area (Å²) in [4.78, 5) is 0. The highest BCUT2D eigenvalue weighted by atomic mass is 16.4. The molecule has 3 heteroatoms. The van der Waals surface area contributed by atoms with Crippen LogP contribution >= 0.6 is 0 Å². The molecular weight excluding hydrogens is 223 g/mol.